The first-order chi connectivity index (χ1) is 13.1. The van der Waals surface area contributed by atoms with Crippen LogP contribution >= 0.6 is 0 Å². The number of nitrogens with zero attached hydrogens (tertiary/aromatic N) is 4. The Hall–Kier alpha value is -3.14. The van der Waals surface area contributed by atoms with Gasteiger partial charge in [-0.25, -0.2) is 9.59 Å². The maximum absolute atomic E-state index is 12.3. The topological polar surface area (TPSA) is 111 Å². The molecule has 1 aliphatic rings. The van der Waals surface area contributed by atoms with Crippen molar-refractivity contribution < 1.29 is 19.1 Å². The van der Waals surface area contributed by atoms with Crippen molar-refractivity contribution in [2.45, 2.75) is 19.5 Å². The second-order valence-electron chi connectivity index (χ2n) is 6.01. The Bertz CT molecular complexity index is 808. The number of amides is 3. The summed E-state index contributed by atoms with van der Waals surface area (Å²) < 4.78 is 11.8. The van der Waals surface area contributed by atoms with Gasteiger partial charge in [-0.2, -0.15) is 0 Å². The minimum atomic E-state index is -0.388. The lowest BCUT2D eigenvalue weighted by Crippen LogP contribution is -2.33. The standard InChI is InChI=1S/C17H22N6O4/c1-12(15-21-18-11-22(15)6-8-26-2)19-16(24)20-13-4-3-5-14(10-13)23-7-9-27-17(23)25/h3-5,10-12H,6-9H2,1-2H3,(H2,19,20,24)/t12-/m1/s1. The Morgan fingerprint density at radius 2 is 2.30 bits per heavy atom. The molecule has 2 heterocycles. The van der Waals surface area contributed by atoms with Crippen LogP contribution in [-0.2, 0) is 16.0 Å². The lowest BCUT2D eigenvalue weighted by Gasteiger charge is -2.17. The fraction of sp³-hybridized carbons (Fsp3) is 0.412. The van der Waals surface area contributed by atoms with E-state index in [0.717, 1.165) is 0 Å². The number of carbonyl (C=O) groups is 2. The Morgan fingerprint density at radius 1 is 1.44 bits per heavy atom. The van der Waals surface area contributed by atoms with Crippen molar-refractivity contribution in [2.75, 3.05) is 37.1 Å². The highest BCUT2D eigenvalue weighted by molar-refractivity contribution is 5.93. The van der Waals surface area contributed by atoms with Crippen LogP contribution in [0, 0.1) is 0 Å². The predicted molar refractivity (Wildman–Crippen MR) is 97.6 cm³/mol. The molecule has 27 heavy (non-hydrogen) atoms. The summed E-state index contributed by atoms with van der Waals surface area (Å²) in [6.07, 6.45) is 1.21. The molecule has 0 radical (unpaired) electrons. The van der Waals surface area contributed by atoms with Crippen LogP contribution in [0.3, 0.4) is 0 Å². The Kier molecular flexibility index (Phi) is 5.87. The van der Waals surface area contributed by atoms with Crippen molar-refractivity contribution in [2.24, 2.45) is 0 Å². The van der Waals surface area contributed by atoms with Crippen molar-refractivity contribution in [3.8, 4) is 0 Å². The summed E-state index contributed by atoms with van der Waals surface area (Å²) in [5, 5.41) is 13.5. The van der Waals surface area contributed by atoms with E-state index in [0.29, 0.717) is 43.5 Å². The third-order valence-corrected chi connectivity index (χ3v) is 4.09. The number of benzene rings is 1. The van der Waals surface area contributed by atoms with Crippen LogP contribution in [0.2, 0.25) is 0 Å². The predicted octanol–water partition coefficient (Wildman–Crippen LogP) is 1.76. The first-order valence-corrected chi connectivity index (χ1v) is 8.57. The van der Waals surface area contributed by atoms with Gasteiger partial charge >= 0.3 is 12.1 Å². The normalized spacial score (nSPS) is 14.7. The minimum Gasteiger partial charge on any atom is -0.447 e. The van der Waals surface area contributed by atoms with Gasteiger partial charge in [-0.3, -0.25) is 4.90 Å². The number of urea groups is 1. The van der Waals surface area contributed by atoms with Crippen LogP contribution in [0.15, 0.2) is 30.6 Å². The van der Waals surface area contributed by atoms with Crippen molar-refractivity contribution in [1.82, 2.24) is 20.1 Å². The molecule has 0 bridgehead atoms. The largest absolute Gasteiger partial charge is 0.447 e. The smallest absolute Gasteiger partial charge is 0.414 e. The molecule has 0 aliphatic carbocycles. The molecule has 144 valence electrons. The molecule has 10 nitrogen and oxygen atoms in total. The zero-order chi connectivity index (χ0) is 19.2. The highest BCUT2D eigenvalue weighted by Crippen LogP contribution is 2.22. The van der Waals surface area contributed by atoms with Gasteiger partial charge in [0, 0.05) is 25.0 Å². The minimum absolute atomic E-state index is 0.346. The highest BCUT2D eigenvalue weighted by Gasteiger charge is 2.23. The van der Waals surface area contributed by atoms with Crippen LogP contribution < -0.4 is 15.5 Å². The molecule has 0 unspecified atom stereocenters. The maximum Gasteiger partial charge on any atom is 0.414 e. The summed E-state index contributed by atoms with van der Waals surface area (Å²) in [6, 6.07) is 6.29. The van der Waals surface area contributed by atoms with Crippen LogP contribution in [0.4, 0.5) is 21.0 Å². The van der Waals surface area contributed by atoms with E-state index in [-0.39, 0.29) is 18.2 Å². The van der Waals surface area contributed by atoms with Crippen LogP contribution in [0.25, 0.3) is 0 Å². The fourth-order valence-corrected chi connectivity index (χ4v) is 2.77. The summed E-state index contributed by atoms with van der Waals surface area (Å²) in [6.45, 7) is 3.79. The van der Waals surface area contributed by atoms with Gasteiger partial charge in [0.15, 0.2) is 5.82 Å². The lowest BCUT2D eigenvalue weighted by atomic mass is 10.2. The molecule has 0 saturated carbocycles. The van der Waals surface area contributed by atoms with Crippen molar-refractivity contribution in [3.05, 3.63) is 36.4 Å². The molecule has 3 rings (SSSR count). The summed E-state index contributed by atoms with van der Waals surface area (Å²) in [5.41, 5.74) is 1.24. The first-order valence-electron chi connectivity index (χ1n) is 8.57. The van der Waals surface area contributed by atoms with Crippen molar-refractivity contribution >= 4 is 23.5 Å². The van der Waals surface area contributed by atoms with E-state index < -0.39 is 0 Å². The fourth-order valence-electron chi connectivity index (χ4n) is 2.77. The van der Waals surface area contributed by atoms with E-state index in [1.807, 2.05) is 11.5 Å². The number of cyclic esters (lactones) is 1. The maximum atomic E-state index is 12.3. The van der Waals surface area contributed by atoms with Crippen LogP contribution in [-0.4, -0.2) is 53.8 Å². The van der Waals surface area contributed by atoms with E-state index in [9.17, 15) is 9.59 Å². The van der Waals surface area contributed by atoms with Gasteiger partial charge in [0.2, 0.25) is 0 Å². The highest BCUT2D eigenvalue weighted by atomic mass is 16.6. The average molecular weight is 374 g/mol. The number of nitrogens with one attached hydrogen (secondary N) is 2. The molecule has 1 atom stereocenters. The molecule has 1 fully saturated rings. The number of methoxy groups -OCH3 is 1. The second kappa shape index (κ2) is 8.49. The number of aromatic nitrogens is 3. The molecular weight excluding hydrogens is 352 g/mol. The zero-order valence-electron chi connectivity index (χ0n) is 15.2. The summed E-state index contributed by atoms with van der Waals surface area (Å²) in [4.78, 5) is 25.5. The number of ether oxygens (including phenoxy) is 2. The molecule has 0 spiro atoms. The Morgan fingerprint density at radius 3 is 3.04 bits per heavy atom. The van der Waals surface area contributed by atoms with Gasteiger partial charge in [0.05, 0.1) is 19.2 Å². The quantitative estimate of drug-likeness (QED) is 0.764. The van der Waals surface area contributed by atoms with Gasteiger partial charge in [-0.05, 0) is 25.1 Å². The molecule has 1 aliphatic heterocycles. The number of rotatable bonds is 7. The van der Waals surface area contributed by atoms with Crippen molar-refractivity contribution in [3.63, 3.8) is 0 Å². The van der Waals surface area contributed by atoms with Gasteiger partial charge in [0.1, 0.15) is 12.9 Å². The van der Waals surface area contributed by atoms with E-state index in [1.165, 1.54) is 4.90 Å². The lowest BCUT2D eigenvalue weighted by molar-refractivity contribution is 0.181. The molecule has 2 aromatic rings. The SMILES string of the molecule is COCCn1cnnc1[C@@H](C)NC(=O)Nc1cccc(N2CCOC2=O)c1. The molecule has 2 N–H and O–H groups in total. The monoisotopic (exact) mass is 374 g/mol. The summed E-state index contributed by atoms with van der Waals surface area (Å²) in [5.74, 6) is 0.635. The number of hydrogen-bond acceptors (Lipinski definition) is 6. The van der Waals surface area contributed by atoms with E-state index >= 15 is 0 Å². The molecule has 3 amide bonds. The van der Waals surface area contributed by atoms with Gasteiger partial charge in [-0.15, -0.1) is 10.2 Å². The average Bonchev–Trinajstić information content (AvgIpc) is 3.28. The molecule has 10 heteroatoms. The van der Waals surface area contributed by atoms with E-state index in [1.54, 1.807) is 37.7 Å². The van der Waals surface area contributed by atoms with E-state index in [2.05, 4.69) is 20.8 Å². The molecule has 1 aromatic heterocycles. The van der Waals surface area contributed by atoms with Crippen LogP contribution in [0.5, 0.6) is 0 Å². The number of carbonyl (C=O) groups excluding carboxylic acids is 2. The molecule has 1 saturated heterocycles. The molecule has 1 aromatic carbocycles. The van der Waals surface area contributed by atoms with Gasteiger partial charge in [-0.1, -0.05) is 6.07 Å². The number of anilines is 2. The van der Waals surface area contributed by atoms with Gasteiger partial charge < -0.3 is 24.7 Å². The molecular formula is C17H22N6O4. The van der Waals surface area contributed by atoms with Crippen molar-refractivity contribution in [1.29, 1.82) is 0 Å². The Balaban J connectivity index is 1.61. The van der Waals surface area contributed by atoms with E-state index in [4.69, 9.17) is 9.47 Å². The Labute approximate surface area is 156 Å². The zero-order valence-corrected chi connectivity index (χ0v) is 15.2. The van der Waals surface area contributed by atoms with Crippen LogP contribution in [0.1, 0.15) is 18.8 Å². The third kappa shape index (κ3) is 4.53. The number of hydrogen-bond donors (Lipinski definition) is 2. The summed E-state index contributed by atoms with van der Waals surface area (Å²) in [7, 11) is 1.62. The summed E-state index contributed by atoms with van der Waals surface area (Å²) >= 11 is 0. The second-order valence-corrected chi connectivity index (χ2v) is 6.01. The third-order valence-electron chi connectivity index (χ3n) is 4.09. The first kappa shape index (κ1) is 18.6. The van der Waals surface area contributed by atoms with Gasteiger partial charge in [0.25, 0.3) is 0 Å².